The number of allylic oxidation sites excluding steroid dienone is 2. The Morgan fingerprint density at radius 1 is 1.13 bits per heavy atom. The fourth-order valence-corrected chi connectivity index (χ4v) is 7.22. The Morgan fingerprint density at radius 2 is 1.87 bits per heavy atom. The fourth-order valence-electron chi connectivity index (χ4n) is 5.57. The van der Waals surface area contributed by atoms with Gasteiger partial charge >= 0.3 is 65.1 Å². The van der Waals surface area contributed by atoms with E-state index in [2.05, 4.69) is 14.6 Å². The van der Waals surface area contributed by atoms with Crippen LogP contribution in [0.1, 0.15) is 45.1 Å². The van der Waals surface area contributed by atoms with Gasteiger partial charge in [0.05, 0.1) is 56.6 Å². The molecule has 12 nitrogen and oxygen atoms in total. The van der Waals surface area contributed by atoms with Gasteiger partial charge in [-0.3, -0.25) is 0 Å². The topological polar surface area (TPSA) is 172 Å². The van der Waals surface area contributed by atoms with E-state index in [0.29, 0.717) is 17.2 Å². The van der Waals surface area contributed by atoms with E-state index < -0.39 is 55.0 Å². The van der Waals surface area contributed by atoms with E-state index in [1.54, 1.807) is 38.1 Å². The van der Waals surface area contributed by atoms with Crippen LogP contribution in [0, 0.1) is 35.7 Å². The number of hydrogen-bond donors (Lipinski definition) is 0. The molecule has 19 heteroatoms. The molecule has 0 aliphatic carbocycles. The van der Waals surface area contributed by atoms with Crippen LogP contribution < -0.4 is 68.9 Å². The van der Waals surface area contributed by atoms with E-state index in [0.717, 1.165) is 12.1 Å². The van der Waals surface area contributed by atoms with Crippen molar-refractivity contribution < 1.29 is 110 Å². The van der Waals surface area contributed by atoms with E-state index in [1.165, 1.54) is 65.5 Å². The minimum absolute atomic E-state index is 0. The predicted octanol–water partition coefficient (Wildman–Crippen LogP) is -0.886. The van der Waals surface area contributed by atoms with Gasteiger partial charge in [0.1, 0.15) is 30.1 Å². The Balaban J connectivity index is 0.00000406. The number of carbonyl (C=O) groups excluding carboxylic acids is 1. The average molecular weight is 815 g/mol. The summed E-state index contributed by atoms with van der Waals surface area (Å²) in [5.41, 5.74) is -1.24. The van der Waals surface area contributed by atoms with Crippen molar-refractivity contribution in [3.05, 3.63) is 136 Å². The van der Waals surface area contributed by atoms with Gasteiger partial charge in [0, 0.05) is 22.4 Å². The second kappa shape index (κ2) is 21.2. The standard InChI is InChI=1S/C36H34F3N4O8PS.2Na/c1-23-6-5-8-29(30(23)19-50-52(45,46)47)35(44)51-36(20-43-22-41-21-42-43,31-13-12-27(37)15-33(31)39)24(2)53-28-17-48-34(49-18-28)9-4-3-7-26-11-10-25(16-40)14-32(26)38;;/h3-15,21-22,24,28,34H,17-20H2,1-2H3,(H2,45,46,47);;/q;2*+1/p-2/t24-,28?,34?,36-;;/m1../s1. The van der Waals surface area contributed by atoms with Gasteiger partial charge < -0.3 is 33.1 Å². The molecule has 4 aromatic rings. The molecule has 5 rings (SSSR count). The number of carbonyl (C=O) groups is 1. The smallest absolute Gasteiger partial charge is 0.790 e. The first kappa shape index (κ1) is 46.8. The van der Waals surface area contributed by atoms with Crippen molar-refractivity contribution in [2.45, 2.75) is 49.4 Å². The van der Waals surface area contributed by atoms with Crippen molar-refractivity contribution in [3.8, 4) is 6.07 Å². The first-order valence-corrected chi connectivity index (χ1v) is 18.4. The molecule has 1 aliphatic rings. The number of esters is 1. The molecule has 55 heavy (non-hydrogen) atoms. The maximum absolute atomic E-state index is 15.8. The van der Waals surface area contributed by atoms with Gasteiger partial charge in [0.15, 0.2) is 11.9 Å². The van der Waals surface area contributed by atoms with E-state index in [4.69, 9.17) is 19.5 Å². The van der Waals surface area contributed by atoms with Crippen molar-refractivity contribution in [2.24, 2.45) is 0 Å². The van der Waals surface area contributed by atoms with Crippen LogP contribution in [0.15, 0.2) is 85.5 Å². The van der Waals surface area contributed by atoms with Crippen molar-refractivity contribution in [3.63, 3.8) is 0 Å². The second-order valence-electron chi connectivity index (χ2n) is 11.8. The van der Waals surface area contributed by atoms with E-state index in [9.17, 15) is 27.9 Å². The Kier molecular flexibility index (Phi) is 18.1. The number of phosphoric ester groups is 1. The van der Waals surface area contributed by atoms with E-state index in [1.807, 2.05) is 6.07 Å². The molecular formula is C36H32F3N4Na2O8PS. The number of aryl methyl sites for hydroxylation is 1. The molecule has 1 aromatic heterocycles. The molecule has 0 bridgehead atoms. The number of hydrogen-bond acceptors (Lipinski definition) is 12. The third-order valence-electron chi connectivity index (χ3n) is 8.25. The monoisotopic (exact) mass is 814 g/mol. The Bertz CT molecular complexity index is 2080. The summed E-state index contributed by atoms with van der Waals surface area (Å²) in [6.45, 7) is 2.54. The van der Waals surface area contributed by atoms with Crippen LogP contribution in [-0.2, 0) is 42.1 Å². The minimum Gasteiger partial charge on any atom is -0.790 e. The number of benzene rings is 3. The number of nitrogens with zero attached hydrogens (tertiary/aromatic N) is 4. The summed E-state index contributed by atoms with van der Waals surface area (Å²) in [6.07, 6.45) is 8.19. The van der Waals surface area contributed by atoms with Gasteiger partial charge in [-0.15, -0.1) is 11.8 Å². The summed E-state index contributed by atoms with van der Waals surface area (Å²) in [5, 5.41) is 11.9. The number of halogens is 3. The van der Waals surface area contributed by atoms with Gasteiger partial charge in [0.2, 0.25) is 0 Å². The molecular weight excluding hydrogens is 782 g/mol. The number of rotatable bonds is 14. The Morgan fingerprint density at radius 3 is 2.51 bits per heavy atom. The maximum Gasteiger partial charge on any atom is 1.00 e. The molecule has 0 spiro atoms. The molecule has 1 fully saturated rings. The van der Waals surface area contributed by atoms with Gasteiger partial charge in [-0.2, -0.15) is 10.4 Å². The first-order chi connectivity index (χ1) is 25.3. The summed E-state index contributed by atoms with van der Waals surface area (Å²) in [4.78, 5) is 40.6. The summed E-state index contributed by atoms with van der Waals surface area (Å²) in [6, 6.07) is 13.3. The first-order valence-electron chi connectivity index (χ1n) is 16.0. The zero-order valence-corrected chi connectivity index (χ0v) is 36.0. The largest absolute Gasteiger partial charge is 1.00 e. The number of aromatic nitrogens is 3. The average Bonchev–Trinajstić information content (AvgIpc) is 3.63. The molecule has 0 saturated carbocycles. The molecule has 2 heterocycles. The Hall–Kier alpha value is -2.59. The quantitative estimate of drug-likeness (QED) is 0.0668. The van der Waals surface area contributed by atoms with Gasteiger partial charge in [-0.05, 0) is 61.4 Å². The van der Waals surface area contributed by atoms with Crippen molar-refractivity contribution in [1.29, 1.82) is 5.26 Å². The molecule has 2 atom stereocenters. The summed E-state index contributed by atoms with van der Waals surface area (Å²) >= 11 is 1.25. The second-order valence-corrected chi connectivity index (χ2v) is 14.6. The molecule has 278 valence electrons. The third-order valence-corrected chi connectivity index (χ3v) is 10.1. The molecule has 0 unspecified atom stereocenters. The normalized spacial score (nSPS) is 17.5. The molecule has 1 aliphatic heterocycles. The van der Waals surface area contributed by atoms with Crippen LogP contribution in [-0.4, -0.2) is 50.7 Å². The van der Waals surface area contributed by atoms with E-state index in [-0.39, 0.29) is 106 Å². The number of thioether (sulfide) groups is 1. The number of phosphoric acid groups is 1. The summed E-state index contributed by atoms with van der Waals surface area (Å²) in [5.74, 6) is -3.42. The summed E-state index contributed by atoms with van der Waals surface area (Å²) < 4.78 is 79.3. The Labute approximate surface area is 363 Å². The van der Waals surface area contributed by atoms with Gasteiger partial charge in [0.25, 0.3) is 0 Å². The molecule has 0 radical (unpaired) electrons. The van der Waals surface area contributed by atoms with Crippen LogP contribution in [0.5, 0.6) is 0 Å². The van der Waals surface area contributed by atoms with Crippen molar-refractivity contribution in [1.82, 2.24) is 14.8 Å². The zero-order chi connectivity index (χ0) is 38.2. The molecule has 1 saturated heterocycles. The van der Waals surface area contributed by atoms with Crippen LogP contribution in [0.2, 0.25) is 0 Å². The zero-order valence-electron chi connectivity index (χ0n) is 30.3. The molecule has 3 aromatic carbocycles. The molecule has 0 amide bonds. The number of nitriles is 1. The SMILES string of the molecule is Cc1cccc(C(=O)O[C@@](Cn2cncn2)(c2ccc(F)cc2F)[C@@H](C)SC2COC(C=CC=Cc3ccc(C#N)cc3F)OC2)c1COP(=O)([O-])[O-].[Na+].[Na+]. The van der Waals surface area contributed by atoms with Gasteiger partial charge in [-0.1, -0.05) is 36.4 Å². The third kappa shape index (κ3) is 12.7. The summed E-state index contributed by atoms with van der Waals surface area (Å²) in [7, 11) is -5.42. The molecule has 0 N–H and O–H groups in total. The van der Waals surface area contributed by atoms with Crippen molar-refractivity contribution >= 4 is 31.6 Å². The van der Waals surface area contributed by atoms with Crippen LogP contribution >= 0.6 is 19.6 Å². The fraction of sp³-hybridized carbons (Fsp3) is 0.278. The predicted molar refractivity (Wildman–Crippen MR) is 183 cm³/mol. The maximum atomic E-state index is 15.8. The van der Waals surface area contributed by atoms with Gasteiger partial charge in [-0.25, -0.2) is 27.6 Å². The van der Waals surface area contributed by atoms with E-state index >= 15 is 4.39 Å². The number of ether oxygens (including phenoxy) is 3. The van der Waals surface area contributed by atoms with Crippen LogP contribution in [0.4, 0.5) is 13.2 Å². The minimum atomic E-state index is -5.42. The van der Waals surface area contributed by atoms with Crippen molar-refractivity contribution in [2.75, 3.05) is 13.2 Å². The van der Waals surface area contributed by atoms with Crippen LogP contribution in [0.25, 0.3) is 6.08 Å². The van der Waals surface area contributed by atoms with Crippen LogP contribution in [0.3, 0.4) is 0 Å².